The van der Waals surface area contributed by atoms with Gasteiger partial charge in [0, 0.05) is 24.0 Å². The molecule has 1 amide bonds. The molecular formula is C18H26N2O2. The van der Waals surface area contributed by atoms with Gasteiger partial charge in [-0.05, 0) is 45.6 Å². The zero-order valence-corrected chi connectivity index (χ0v) is 13.6. The van der Waals surface area contributed by atoms with Gasteiger partial charge in [0.1, 0.15) is 5.60 Å². The predicted octanol–water partition coefficient (Wildman–Crippen LogP) is 3.19. The van der Waals surface area contributed by atoms with Crippen molar-refractivity contribution in [3.63, 3.8) is 0 Å². The molecule has 2 fully saturated rings. The maximum Gasteiger partial charge on any atom is 0.407 e. The first-order valence-corrected chi connectivity index (χ1v) is 8.21. The molecule has 4 heteroatoms. The molecule has 0 bridgehead atoms. The number of carbonyl (C=O) groups is 1. The number of rotatable bonds is 4. The van der Waals surface area contributed by atoms with Crippen LogP contribution in [0.15, 0.2) is 30.3 Å². The minimum atomic E-state index is -0.428. The lowest BCUT2D eigenvalue weighted by molar-refractivity contribution is 0.0465. The Hall–Kier alpha value is -1.55. The highest BCUT2D eigenvalue weighted by molar-refractivity contribution is 5.68. The molecule has 2 unspecified atom stereocenters. The van der Waals surface area contributed by atoms with Crippen molar-refractivity contribution >= 4 is 6.09 Å². The summed E-state index contributed by atoms with van der Waals surface area (Å²) in [6.07, 6.45) is 2.92. The zero-order valence-electron chi connectivity index (χ0n) is 13.6. The molecule has 2 aliphatic rings. The van der Waals surface area contributed by atoms with Crippen LogP contribution in [0.3, 0.4) is 0 Å². The highest BCUT2D eigenvalue weighted by Gasteiger charge is 2.42. The Kier molecular flexibility index (Phi) is 4.13. The summed E-state index contributed by atoms with van der Waals surface area (Å²) in [5.74, 6) is 0.666. The molecule has 0 aliphatic heterocycles. The molecule has 0 heterocycles. The summed E-state index contributed by atoms with van der Waals surface area (Å²) in [6.45, 7) is 5.65. The van der Waals surface area contributed by atoms with Gasteiger partial charge in [-0.1, -0.05) is 30.3 Å². The number of nitrogens with one attached hydrogen (secondary N) is 2. The molecular weight excluding hydrogens is 276 g/mol. The molecule has 3 rings (SSSR count). The third-order valence-electron chi connectivity index (χ3n) is 4.33. The number of alkyl carbamates (subject to hydrolysis) is 1. The van der Waals surface area contributed by atoms with Crippen molar-refractivity contribution in [1.29, 1.82) is 0 Å². The second kappa shape index (κ2) is 5.92. The molecule has 2 aliphatic carbocycles. The van der Waals surface area contributed by atoms with Crippen LogP contribution in [-0.4, -0.2) is 29.8 Å². The molecule has 2 atom stereocenters. The first kappa shape index (κ1) is 15.3. The Morgan fingerprint density at radius 3 is 2.41 bits per heavy atom. The van der Waals surface area contributed by atoms with Crippen LogP contribution in [0.5, 0.6) is 0 Å². The number of hydrogen-bond acceptors (Lipinski definition) is 3. The molecule has 22 heavy (non-hydrogen) atoms. The third-order valence-corrected chi connectivity index (χ3v) is 4.33. The molecule has 2 saturated carbocycles. The van der Waals surface area contributed by atoms with E-state index in [1.54, 1.807) is 0 Å². The summed E-state index contributed by atoms with van der Waals surface area (Å²) in [7, 11) is 0. The van der Waals surface area contributed by atoms with Crippen LogP contribution in [-0.2, 0) is 4.74 Å². The fraction of sp³-hybridized carbons (Fsp3) is 0.611. The molecule has 0 saturated heterocycles. The monoisotopic (exact) mass is 302 g/mol. The highest BCUT2D eigenvalue weighted by atomic mass is 16.6. The van der Waals surface area contributed by atoms with Crippen LogP contribution in [0.25, 0.3) is 0 Å². The van der Waals surface area contributed by atoms with E-state index in [4.69, 9.17) is 4.74 Å². The molecule has 4 nitrogen and oxygen atoms in total. The number of ether oxygens (including phenoxy) is 1. The van der Waals surface area contributed by atoms with Gasteiger partial charge in [-0.25, -0.2) is 4.79 Å². The lowest BCUT2D eigenvalue weighted by Crippen LogP contribution is -2.53. The normalized spacial score (nSPS) is 30.3. The van der Waals surface area contributed by atoms with Gasteiger partial charge in [0.2, 0.25) is 0 Å². The Bertz CT molecular complexity index is 518. The van der Waals surface area contributed by atoms with Gasteiger partial charge in [0.05, 0.1) is 0 Å². The standard InChI is InChI=1S/C18H26N2O2/c1-18(2,3)22-17(21)20-14-9-13(10-14)19-16-11-15(16)12-7-5-4-6-8-12/h4-8,13-16,19H,9-11H2,1-3H3,(H,20,21). The second-order valence-corrected chi connectivity index (χ2v) is 7.54. The average molecular weight is 302 g/mol. The van der Waals surface area contributed by atoms with Gasteiger partial charge < -0.3 is 15.4 Å². The van der Waals surface area contributed by atoms with E-state index in [1.807, 2.05) is 20.8 Å². The highest BCUT2D eigenvalue weighted by Crippen LogP contribution is 2.42. The first-order valence-electron chi connectivity index (χ1n) is 8.21. The number of amides is 1. The van der Waals surface area contributed by atoms with Crippen molar-refractivity contribution in [2.75, 3.05) is 0 Å². The molecule has 0 aromatic heterocycles. The fourth-order valence-electron chi connectivity index (χ4n) is 3.10. The summed E-state index contributed by atoms with van der Waals surface area (Å²) in [6, 6.07) is 12.1. The summed E-state index contributed by atoms with van der Waals surface area (Å²) in [4.78, 5) is 11.7. The summed E-state index contributed by atoms with van der Waals surface area (Å²) in [5, 5.41) is 6.64. The Morgan fingerprint density at radius 1 is 1.09 bits per heavy atom. The van der Waals surface area contributed by atoms with E-state index in [1.165, 1.54) is 12.0 Å². The van der Waals surface area contributed by atoms with Crippen LogP contribution < -0.4 is 10.6 Å². The average Bonchev–Trinajstić information content (AvgIpc) is 3.14. The molecule has 1 aromatic carbocycles. The Labute approximate surface area is 132 Å². The predicted molar refractivity (Wildman–Crippen MR) is 86.9 cm³/mol. The van der Waals surface area contributed by atoms with E-state index in [-0.39, 0.29) is 12.1 Å². The van der Waals surface area contributed by atoms with E-state index in [0.717, 1.165) is 12.8 Å². The summed E-state index contributed by atoms with van der Waals surface area (Å²) >= 11 is 0. The Morgan fingerprint density at radius 2 is 1.77 bits per heavy atom. The number of carbonyl (C=O) groups excluding carboxylic acids is 1. The lowest BCUT2D eigenvalue weighted by atomic mass is 9.86. The molecule has 0 radical (unpaired) electrons. The van der Waals surface area contributed by atoms with Crippen LogP contribution in [0.2, 0.25) is 0 Å². The van der Waals surface area contributed by atoms with Crippen molar-refractivity contribution in [2.45, 2.75) is 69.7 Å². The van der Waals surface area contributed by atoms with E-state index in [2.05, 4.69) is 41.0 Å². The maximum atomic E-state index is 11.7. The Balaban J connectivity index is 1.34. The fourth-order valence-corrected chi connectivity index (χ4v) is 3.10. The van der Waals surface area contributed by atoms with E-state index >= 15 is 0 Å². The molecule has 2 N–H and O–H groups in total. The van der Waals surface area contributed by atoms with Gasteiger partial charge in [-0.3, -0.25) is 0 Å². The summed E-state index contributed by atoms with van der Waals surface area (Å²) in [5.41, 5.74) is 1.00. The first-order chi connectivity index (χ1) is 10.4. The van der Waals surface area contributed by atoms with Crippen LogP contribution in [0.1, 0.15) is 51.5 Å². The second-order valence-electron chi connectivity index (χ2n) is 7.54. The van der Waals surface area contributed by atoms with Gasteiger partial charge in [0.15, 0.2) is 0 Å². The van der Waals surface area contributed by atoms with Crippen LogP contribution >= 0.6 is 0 Å². The van der Waals surface area contributed by atoms with E-state index in [9.17, 15) is 4.79 Å². The van der Waals surface area contributed by atoms with Gasteiger partial charge in [-0.2, -0.15) is 0 Å². The zero-order chi connectivity index (χ0) is 15.7. The van der Waals surface area contributed by atoms with Crippen LogP contribution in [0.4, 0.5) is 4.79 Å². The quantitative estimate of drug-likeness (QED) is 0.898. The SMILES string of the molecule is CC(C)(C)OC(=O)NC1CC(NC2CC2c2ccccc2)C1. The maximum absolute atomic E-state index is 11.7. The van der Waals surface area contributed by atoms with E-state index in [0.29, 0.717) is 18.0 Å². The van der Waals surface area contributed by atoms with Crippen molar-refractivity contribution in [3.05, 3.63) is 35.9 Å². The smallest absolute Gasteiger partial charge is 0.407 e. The van der Waals surface area contributed by atoms with Gasteiger partial charge in [-0.15, -0.1) is 0 Å². The van der Waals surface area contributed by atoms with Crippen molar-refractivity contribution in [3.8, 4) is 0 Å². The van der Waals surface area contributed by atoms with Crippen LogP contribution in [0, 0.1) is 0 Å². The largest absolute Gasteiger partial charge is 0.444 e. The minimum absolute atomic E-state index is 0.251. The topological polar surface area (TPSA) is 50.4 Å². The molecule has 1 aromatic rings. The lowest BCUT2D eigenvalue weighted by Gasteiger charge is -2.37. The summed E-state index contributed by atoms with van der Waals surface area (Å²) < 4.78 is 5.28. The van der Waals surface area contributed by atoms with Crippen molar-refractivity contribution in [2.24, 2.45) is 0 Å². The van der Waals surface area contributed by atoms with Crippen molar-refractivity contribution < 1.29 is 9.53 Å². The van der Waals surface area contributed by atoms with E-state index < -0.39 is 5.60 Å². The van der Waals surface area contributed by atoms with Gasteiger partial charge in [0.25, 0.3) is 0 Å². The van der Waals surface area contributed by atoms with Gasteiger partial charge >= 0.3 is 6.09 Å². The minimum Gasteiger partial charge on any atom is -0.444 e. The number of hydrogen-bond donors (Lipinski definition) is 2. The number of benzene rings is 1. The third kappa shape index (κ3) is 4.01. The molecule has 0 spiro atoms. The molecule has 120 valence electrons. The van der Waals surface area contributed by atoms with Crippen molar-refractivity contribution in [1.82, 2.24) is 10.6 Å².